The van der Waals surface area contributed by atoms with Crippen LogP contribution in [0.3, 0.4) is 0 Å². The molecule has 0 aliphatic carbocycles. The highest BCUT2D eigenvalue weighted by Gasteiger charge is 2.19. The molecule has 3 rings (SSSR count). The second-order valence-corrected chi connectivity index (χ2v) is 6.32. The Morgan fingerprint density at radius 3 is 2.68 bits per heavy atom. The van der Waals surface area contributed by atoms with Crippen LogP contribution in [0.4, 0.5) is 0 Å². The third-order valence-electron chi connectivity index (χ3n) is 4.44. The number of ether oxygens (including phenoxy) is 1. The van der Waals surface area contributed by atoms with Gasteiger partial charge in [-0.2, -0.15) is 0 Å². The first-order valence-electron chi connectivity index (χ1n) is 8.50. The maximum Gasteiger partial charge on any atom is 0.287 e. The number of methoxy groups -OCH3 is 1. The first kappa shape index (κ1) is 17.1. The Morgan fingerprint density at radius 1 is 1.20 bits per heavy atom. The zero-order valence-electron chi connectivity index (χ0n) is 14.8. The van der Waals surface area contributed by atoms with Crippen LogP contribution in [0.2, 0.25) is 0 Å². The number of aryl methyl sites for hydroxylation is 2. The van der Waals surface area contributed by atoms with Crippen molar-refractivity contribution in [2.24, 2.45) is 0 Å². The van der Waals surface area contributed by atoms with Crippen LogP contribution in [0.1, 0.15) is 35.0 Å². The van der Waals surface area contributed by atoms with Gasteiger partial charge in [-0.05, 0) is 50.5 Å². The van der Waals surface area contributed by atoms with Crippen LogP contribution in [0.15, 0.2) is 52.9 Å². The zero-order valence-corrected chi connectivity index (χ0v) is 14.8. The van der Waals surface area contributed by atoms with Gasteiger partial charge in [0.2, 0.25) is 0 Å². The Hall–Kier alpha value is -2.75. The molecule has 0 bridgehead atoms. The third-order valence-corrected chi connectivity index (χ3v) is 4.44. The molecule has 1 amide bonds. The minimum atomic E-state index is -0.173. The fraction of sp³-hybridized carbons (Fsp3) is 0.286. The van der Waals surface area contributed by atoms with E-state index in [-0.39, 0.29) is 11.9 Å². The molecule has 4 nitrogen and oxygen atoms in total. The summed E-state index contributed by atoms with van der Waals surface area (Å²) in [6.45, 7) is 3.91. The van der Waals surface area contributed by atoms with Gasteiger partial charge >= 0.3 is 0 Å². The molecule has 1 heterocycles. The third kappa shape index (κ3) is 3.85. The van der Waals surface area contributed by atoms with Gasteiger partial charge < -0.3 is 14.5 Å². The Kier molecular flexibility index (Phi) is 5.08. The number of nitrogens with one attached hydrogen (secondary N) is 1. The number of carbonyl (C=O) groups excluding carboxylic acids is 1. The number of amides is 1. The number of furan rings is 1. The van der Waals surface area contributed by atoms with Crippen LogP contribution >= 0.6 is 0 Å². The molecule has 25 heavy (non-hydrogen) atoms. The molecule has 1 atom stereocenters. The lowest BCUT2D eigenvalue weighted by Crippen LogP contribution is -2.33. The first-order valence-corrected chi connectivity index (χ1v) is 8.50. The van der Waals surface area contributed by atoms with E-state index in [9.17, 15) is 4.79 Å². The molecule has 0 aliphatic rings. The minimum Gasteiger partial charge on any atom is -0.497 e. The molecule has 4 heteroatoms. The summed E-state index contributed by atoms with van der Waals surface area (Å²) in [6, 6.07) is 15.9. The van der Waals surface area contributed by atoms with Crippen molar-refractivity contribution in [2.75, 3.05) is 7.11 Å². The van der Waals surface area contributed by atoms with Crippen molar-refractivity contribution < 1.29 is 13.9 Å². The van der Waals surface area contributed by atoms with Gasteiger partial charge in [0, 0.05) is 17.0 Å². The van der Waals surface area contributed by atoms with E-state index in [1.165, 1.54) is 5.56 Å². The topological polar surface area (TPSA) is 51.5 Å². The standard InChI is InChI=1S/C21H23NO3/c1-14(9-10-16-7-5-4-6-8-16)22-21(23)20-15(2)18-13-17(24-3)11-12-19(18)25-20/h4-8,11-14H,9-10H2,1-3H3,(H,22,23)/t14-/m1/s1. The Bertz CT molecular complexity index is 867. The van der Waals surface area contributed by atoms with Gasteiger partial charge in [0.25, 0.3) is 5.91 Å². The maximum atomic E-state index is 12.6. The van der Waals surface area contributed by atoms with Crippen molar-refractivity contribution in [3.05, 3.63) is 65.4 Å². The van der Waals surface area contributed by atoms with Gasteiger partial charge in [-0.25, -0.2) is 0 Å². The summed E-state index contributed by atoms with van der Waals surface area (Å²) in [7, 11) is 1.62. The molecule has 3 aromatic rings. The molecular formula is C21H23NO3. The quantitative estimate of drug-likeness (QED) is 0.720. The maximum absolute atomic E-state index is 12.6. The first-order chi connectivity index (χ1) is 12.1. The smallest absolute Gasteiger partial charge is 0.287 e. The van der Waals surface area contributed by atoms with E-state index in [1.807, 2.05) is 50.2 Å². The second kappa shape index (κ2) is 7.43. The largest absolute Gasteiger partial charge is 0.497 e. The molecule has 0 unspecified atom stereocenters. The summed E-state index contributed by atoms with van der Waals surface area (Å²) in [5.41, 5.74) is 2.80. The van der Waals surface area contributed by atoms with Crippen LogP contribution in [0.5, 0.6) is 5.75 Å². The highest BCUT2D eigenvalue weighted by atomic mass is 16.5. The molecule has 1 aromatic heterocycles. The van der Waals surface area contributed by atoms with Gasteiger partial charge in [0.05, 0.1) is 7.11 Å². The molecule has 0 saturated heterocycles. The van der Waals surface area contributed by atoms with Crippen molar-refractivity contribution in [1.82, 2.24) is 5.32 Å². The van der Waals surface area contributed by atoms with Crippen molar-refractivity contribution >= 4 is 16.9 Å². The molecule has 0 radical (unpaired) electrons. The Balaban J connectivity index is 1.68. The average Bonchev–Trinajstić information content (AvgIpc) is 2.97. The molecule has 2 aromatic carbocycles. The van der Waals surface area contributed by atoms with Crippen LogP contribution in [0.25, 0.3) is 11.0 Å². The van der Waals surface area contributed by atoms with E-state index in [0.717, 1.165) is 29.5 Å². The monoisotopic (exact) mass is 337 g/mol. The van der Waals surface area contributed by atoms with Crippen molar-refractivity contribution in [3.8, 4) is 5.75 Å². The number of fused-ring (bicyclic) bond motifs is 1. The van der Waals surface area contributed by atoms with E-state index in [1.54, 1.807) is 7.11 Å². The van der Waals surface area contributed by atoms with Crippen molar-refractivity contribution in [1.29, 1.82) is 0 Å². The lowest BCUT2D eigenvalue weighted by Gasteiger charge is -2.13. The van der Waals surface area contributed by atoms with Gasteiger partial charge in [-0.15, -0.1) is 0 Å². The van der Waals surface area contributed by atoms with E-state index in [4.69, 9.17) is 9.15 Å². The molecule has 0 aliphatic heterocycles. The number of carbonyl (C=O) groups is 1. The lowest BCUT2D eigenvalue weighted by molar-refractivity contribution is 0.0911. The number of hydrogen-bond acceptors (Lipinski definition) is 3. The van der Waals surface area contributed by atoms with Gasteiger partial charge in [-0.1, -0.05) is 30.3 Å². The zero-order chi connectivity index (χ0) is 17.8. The van der Waals surface area contributed by atoms with Crippen molar-refractivity contribution in [3.63, 3.8) is 0 Å². The molecule has 0 spiro atoms. The Morgan fingerprint density at radius 2 is 1.96 bits per heavy atom. The summed E-state index contributed by atoms with van der Waals surface area (Å²) in [5, 5.41) is 3.94. The average molecular weight is 337 g/mol. The predicted octanol–water partition coefficient (Wildman–Crippen LogP) is 4.50. The van der Waals surface area contributed by atoms with Gasteiger partial charge in [-0.3, -0.25) is 4.79 Å². The molecule has 0 saturated carbocycles. The van der Waals surface area contributed by atoms with E-state index in [0.29, 0.717) is 11.3 Å². The molecule has 130 valence electrons. The van der Waals surface area contributed by atoms with Crippen molar-refractivity contribution in [2.45, 2.75) is 32.7 Å². The summed E-state index contributed by atoms with van der Waals surface area (Å²) in [5.74, 6) is 0.947. The SMILES string of the molecule is COc1ccc2oc(C(=O)N[C@H](C)CCc3ccccc3)c(C)c2c1. The highest BCUT2D eigenvalue weighted by molar-refractivity contribution is 5.99. The number of rotatable bonds is 6. The summed E-state index contributed by atoms with van der Waals surface area (Å²) in [6.07, 6.45) is 1.81. The van der Waals surface area contributed by atoms with E-state index in [2.05, 4.69) is 17.4 Å². The van der Waals surface area contributed by atoms with Crippen LogP contribution in [-0.4, -0.2) is 19.1 Å². The summed E-state index contributed by atoms with van der Waals surface area (Å²) >= 11 is 0. The normalized spacial score (nSPS) is 12.1. The summed E-state index contributed by atoms with van der Waals surface area (Å²) in [4.78, 5) is 12.6. The van der Waals surface area contributed by atoms with Crippen LogP contribution in [0, 0.1) is 6.92 Å². The highest BCUT2D eigenvalue weighted by Crippen LogP contribution is 2.28. The van der Waals surface area contributed by atoms with Gasteiger partial charge in [0.1, 0.15) is 11.3 Å². The minimum absolute atomic E-state index is 0.0647. The predicted molar refractivity (Wildman–Crippen MR) is 99.2 cm³/mol. The fourth-order valence-electron chi connectivity index (χ4n) is 2.93. The van der Waals surface area contributed by atoms with E-state index < -0.39 is 0 Å². The fourth-order valence-corrected chi connectivity index (χ4v) is 2.93. The lowest BCUT2D eigenvalue weighted by atomic mass is 10.1. The van der Waals surface area contributed by atoms with E-state index >= 15 is 0 Å². The molecule has 0 fully saturated rings. The van der Waals surface area contributed by atoms with Gasteiger partial charge in [0.15, 0.2) is 5.76 Å². The summed E-state index contributed by atoms with van der Waals surface area (Å²) < 4.78 is 11.0. The van der Waals surface area contributed by atoms with Crippen LogP contribution in [-0.2, 0) is 6.42 Å². The Labute approximate surface area is 147 Å². The molecule has 1 N–H and O–H groups in total. The number of benzene rings is 2. The second-order valence-electron chi connectivity index (χ2n) is 6.32. The van der Waals surface area contributed by atoms with Crippen LogP contribution < -0.4 is 10.1 Å². The number of hydrogen-bond donors (Lipinski definition) is 1. The molecular weight excluding hydrogens is 314 g/mol.